The number of hydrogen-bond acceptors (Lipinski definition) is 4. The highest BCUT2D eigenvalue weighted by Crippen LogP contribution is 2.36. The summed E-state index contributed by atoms with van der Waals surface area (Å²) in [6.45, 7) is 1.96. The summed E-state index contributed by atoms with van der Waals surface area (Å²) in [4.78, 5) is 24.6. The van der Waals surface area contributed by atoms with Crippen LogP contribution in [0.5, 0.6) is 0 Å². The molecule has 2 aromatic carbocycles. The van der Waals surface area contributed by atoms with Gasteiger partial charge in [0.1, 0.15) is 0 Å². The number of benzene rings is 2. The molecular weight excluding hydrogens is 385 g/mol. The average molecular weight is 400 g/mol. The van der Waals surface area contributed by atoms with Gasteiger partial charge in [-0.05, 0) is 55.1 Å². The molecule has 0 aliphatic heterocycles. The van der Waals surface area contributed by atoms with Crippen LogP contribution in [0, 0.1) is 6.92 Å². The van der Waals surface area contributed by atoms with E-state index in [1.807, 2.05) is 31.2 Å². The monoisotopic (exact) mass is 400 g/mol. The first-order valence-electron chi connectivity index (χ1n) is 7.37. The number of nitrogens with one attached hydrogen (secondary N) is 2. The highest BCUT2D eigenvalue weighted by molar-refractivity contribution is 8.00. The SMILES string of the molecule is Cc1ccc(SCC(=O)NNC(=O)c2ccc(SC(F)(F)F)cc2)cc1. The maximum atomic E-state index is 12.3. The average Bonchev–Trinajstić information content (AvgIpc) is 2.58. The molecule has 0 heterocycles. The molecule has 138 valence electrons. The number of aryl methyl sites for hydroxylation is 1. The second-order valence-electron chi connectivity index (χ2n) is 5.18. The minimum Gasteiger partial charge on any atom is -0.272 e. The Balaban J connectivity index is 1.78. The van der Waals surface area contributed by atoms with E-state index in [0.717, 1.165) is 10.5 Å². The van der Waals surface area contributed by atoms with E-state index >= 15 is 0 Å². The lowest BCUT2D eigenvalue weighted by molar-refractivity contribution is -0.119. The van der Waals surface area contributed by atoms with Crippen LogP contribution in [-0.4, -0.2) is 23.1 Å². The highest BCUT2D eigenvalue weighted by atomic mass is 32.2. The van der Waals surface area contributed by atoms with E-state index < -0.39 is 17.3 Å². The summed E-state index contributed by atoms with van der Waals surface area (Å²) in [6, 6.07) is 12.6. The molecule has 0 bridgehead atoms. The summed E-state index contributed by atoms with van der Waals surface area (Å²) in [5.41, 5.74) is 1.38. The van der Waals surface area contributed by atoms with Crippen LogP contribution in [0.1, 0.15) is 15.9 Å². The van der Waals surface area contributed by atoms with Gasteiger partial charge < -0.3 is 0 Å². The van der Waals surface area contributed by atoms with Gasteiger partial charge in [0, 0.05) is 15.4 Å². The Morgan fingerprint density at radius 1 is 0.923 bits per heavy atom. The van der Waals surface area contributed by atoms with Crippen LogP contribution in [0.4, 0.5) is 13.2 Å². The smallest absolute Gasteiger partial charge is 0.272 e. The lowest BCUT2D eigenvalue weighted by Gasteiger charge is -2.09. The Morgan fingerprint density at radius 2 is 1.50 bits per heavy atom. The zero-order valence-corrected chi connectivity index (χ0v) is 15.2. The van der Waals surface area contributed by atoms with Crippen molar-refractivity contribution >= 4 is 35.3 Å². The molecule has 0 aliphatic rings. The first-order chi connectivity index (χ1) is 12.2. The van der Waals surface area contributed by atoms with Crippen molar-refractivity contribution in [2.24, 2.45) is 0 Å². The summed E-state index contributed by atoms with van der Waals surface area (Å²) in [5.74, 6) is -0.889. The number of amides is 2. The summed E-state index contributed by atoms with van der Waals surface area (Å²) in [7, 11) is 0. The van der Waals surface area contributed by atoms with Crippen molar-refractivity contribution in [2.45, 2.75) is 22.2 Å². The van der Waals surface area contributed by atoms with Crippen molar-refractivity contribution in [3.05, 3.63) is 59.7 Å². The first-order valence-corrected chi connectivity index (χ1v) is 9.17. The van der Waals surface area contributed by atoms with Crippen molar-refractivity contribution in [2.75, 3.05) is 5.75 Å². The Morgan fingerprint density at radius 3 is 2.08 bits per heavy atom. The van der Waals surface area contributed by atoms with E-state index in [4.69, 9.17) is 0 Å². The zero-order chi connectivity index (χ0) is 19.2. The Bertz CT molecular complexity index is 763. The lowest BCUT2D eigenvalue weighted by Crippen LogP contribution is -2.42. The second kappa shape index (κ2) is 9.00. The van der Waals surface area contributed by atoms with Crippen LogP contribution >= 0.6 is 23.5 Å². The Kier molecular flexibility index (Phi) is 6.98. The molecule has 9 heteroatoms. The third-order valence-electron chi connectivity index (χ3n) is 3.06. The molecule has 2 amide bonds. The lowest BCUT2D eigenvalue weighted by atomic mass is 10.2. The van der Waals surface area contributed by atoms with Crippen molar-refractivity contribution in [3.63, 3.8) is 0 Å². The number of rotatable bonds is 5. The molecule has 2 aromatic rings. The van der Waals surface area contributed by atoms with Crippen LogP contribution in [0.25, 0.3) is 0 Å². The van der Waals surface area contributed by atoms with Crippen molar-refractivity contribution in [3.8, 4) is 0 Å². The van der Waals surface area contributed by atoms with Gasteiger partial charge in [0.25, 0.3) is 5.91 Å². The number of alkyl halides is 3. The molecule has 0 spiro atoms. The molecule has 0 fully saturated rings. The fourth-order valence-corrected chi connectivity index (χ4v) is 3.06. The number of hydrazine groups is 1. The summed E-state index contributed by atoms with van der Waals surface area (Å²) in [5, 5.41) is 0. The molecule has 2 rings (SSSR count). The Hall–Kier alpha value is -2.13. The van der Waals surface area contributed by atoms with Crippen molar-refractivity contribution < 1.29 is 22.8 Å². The molecule has 0 aromatic heterocycles. The van der Waals surface area contributed by atoms with Gasteiger partial charge in [-0.2, -0.15) is 13.2 Å². The molecule has 0 unspecified atom stereocenters. The van der Waals surface area contributed by atoms with E-state index in [1.165, 1.54) is 36.0 Å². The molecule has 0 radical (unpaired) electrons. The molecule has 0 saturated heterocycles. The standard InChI is InChI=1S/C17H15F3N2O2S2/c1-11-2-6-13(7-3-11)25-10-15(23)21-22-16(24)12-4-8-14(9-5-12)26-17(18,19)20/h2-9H,10H2,1H3,(H,21,23)(H,22,24). The third kappa shape index (κ3) is 7.01. The van der Waals surface area contributed by atoms with Crippen molar-refractivity contribution in [1.82, 2.24) is 10.9 Å². The van der Waals surface area contributed by atoms with Gasteiger partial charge in [-0.3, -0.25) is 20.4 Å². The molecule has 4 nitrogen and oxygen atoms in total. The number of halogens is 3. The number of thioether (sulfide) groups is 2. The largest absolute Gasteiger partial charge is 0.446 e. The predicted molar refractivity (Wildman–Crippen MR) is 95.9 cm³/mol. The summed E-state index contributed by atoms with van der Waals surface area (Å²) >= 11 is 1.06. The fraction of sp³-hybridized carbons (Fsp3) is 0.176. The molecule has 0 aliphatic carbocycles. The zero-order valence-electron chi connectivity index (χ0n) is 13.6. The van der Waals surface area contributed by atoms with Crippen LogP contribution in [-0.2, 0) is 4.79 Å². The molecule has 26 heavy (non-hydrogen) atoms. The first kappa shape index (κ1) is 20.2. The third-order valence-corrected chi connectivity index (χ3v) is 4.81. The quantitative estimate of drug-likeness (QED) is 0.585. The van der Waals surface area contributed by atoms with Gasteiger partial charge in [-0.15, -0.1) is 11.8 Å². The summed E-state index contributed by atoms with van der Waals surface area (Å²) < 4.78 is 36.8. The number of carbonyl (C=O) groups is 2. The second-order valence-corrected chi connectivity index (χ2v) is 7.36. The minimum absolute atomic E-state index is 0.0208. The van der Waals surface area contributed by atoms with Gasteiger partial charge in [0.05, 0.1) is 5.75 Å². The fourth-order valence-electron chi connectivity index (χ4n) is 1.83. The Labute approximate surface area is 156 Å². The number of carbonyl (C=O) groups excluding carboxylic acids is 2. The molecule has 0 saturated carbocycles. The van der Waals surface area contributed by atoms with E-state index in [2.05, 4.69) is 10.9 Å². The number of hydrogen-bond donors (Lipinski definition) is 2. The topological polar surface area (TPSA) is 58.2 Å². The van der Waals surface area contributed by atoms with Crippen LogP contribution in [0.15, 0.2) is 58.3 Å². The predicted octanol–water partition coefficient (Wildman–Crippen LogP) is 4.16. The van der Waals surface area contributed by atoms with Gasteiger partial charge in [-0.25, -0.2) is 0 Å². The van der Waals surface area contributed by atoms with Gasteiger partial charge in [0.15, 0.2) is 0 Å². The van der Waals surface area contributed by atoms with E-state index in [9.17, 15) is 22.8 Å². The normalized spacial score (nSPS) is 11.1. The maximum absolute atomic E-state index is 12.3. The molecule has 2 N–H and O–H groups in total. The van der Waals surface area contributed by atoms with Crippen LogP contribution in [0.3, 0.4) is 0 Å². The highest BCUT2D eigenvalue weighted by Gasteiger charge is 2.29. The maximum Gasteiger partial charge on any atom is 0.446 e. The minimum atomic E-state index is -4.38. The molecular formula is C17H15F3N2O2S2. The van der Waals surface area contributed by atoms with E-state index in [1.54, 1.807) is 0 Å². The van der Waals surface area contributed by atoms with Gasteiger partial charge in [-0.1, -0.05) is 17.7 Å². The van der Waals surface area contributed by atoms with E-state index in [-0.39, 0.29) is 28.0 Å². The summed E-state index contributed by atoms with van der Waals surface area (Å²) in [6.07, 6.45) is 0. The van der Waals surface area contributed by atoms with Crippen LogP contribution in [0.2, 0.25) is 0 Å². The van der Waals surface area contributed by atoms with Crippen LogP contribution < -0.4 is 10.9 Å². The molecule has 0 atom stereocenters. The van der Waals surface area contributed by atoms with E-state index in [0.29, 0.717) is 0 Å². The van der Waals surface area contributed by atoms with Crippen molar-refractivity contribution in [1.29, 1.82) is 0 Å². The van der Waals surface area contributed by atoms with Gasteiger partial charge >= 0.3 is 5.51 Å². The van der Waals surface area contributed by atoms with Gasteiger partial charge in [0.2, 0.25) is 5.91 Å².